The Labute approximate surface area is 93.1 Å². The van der Waals surface area contributed by atoms with E-state index in [1.165, 1.54) is 11.3 Å². The Morgan fingerprint density at radius 1 is 1.60 bits per heavy atom. The Kier molecular flexibility index (Phi) is 3.90. The van der Waals surface area contributed by atoms with E-state index in [9.17, 15) is 4.79 Å². The third-order valence-electron chi connectivity index (χ3n) is 1.75. The highest BCUT2D eigenvalue weighted by atomic mass is 32.1. The van der Waals surface area contributed by atoms with Crippen molar-refractivity contribution in [2.24, 2.45) is 5.92 Å². The molecule has 15 heavy (non-hydrogen) atoms. The molecule has 0 spiro atoms. The molecule has 1 aromatic rings. The van der Waals surface area contributed by atoms with E-state index in [0.717, 1.165) is 6.54 Å². The molecule has 0 radical (unpaired) electrons. The summed E-state index contributed by atoms with van der Waals surface area (Å²) in [5.74, 6) is 0.617. The number of carbonyl (C=O) groups is 1. The van der Waals surface area contributed by atoms with E-state index in [1.54, 1.807) is 7.05 Å². The number of nitrogens with two attached hydrogens (primary N) is 1. The molecular weight excluding hydrogens is 212 g/mol. The lowest BCUT2D eigenvalue weighted by Crippen LogP contribution is -2.17. The van der Waals surface area contributed by atoms with Gasteiger partial charge in [-0.05, 0) is 5.92 Å². The molecular formula is C9H16N4OS. The van der Waals surface area contributed by atoms with Crippen LogP contribution in [0.2, 0.25) is 0 Å². The van der Waals surface area contributed by atoms with E-state index in [4.69, 9.17) is 5.73 Å². The molecule has 1 amide bonds. The highest BCUT2D eigenvalue weighted by molar-refractivity contribution is 7.18. The Bertz CT molecular complexity index is 348. The summed E-state index contributed by atoms with van der Waals surface area (Å²) in [7, 11) is 1.57. The summed E-state index contributed by atoms with van der Waals surface area (Å²) in [6.07, 6.45) is 0. The highest BCUT2D eigenvalue weighted by Gasteiger charge is 2.14. The molecule has 1 heterocycles. The zero-order valence-corrected chi connectivity index (χ0v) is 9.94. The van der Waals surface area contributed by atoms with Crippen molar-refractivity contribution < 1.29 is 4.79 Å². The summed E-state index contributed by atoms with van der Waals surface area (Å²) in [6, 6.07) is 0. The molecule has 1 aromatic heterocycles. The van der Waals surface area contributed by atoms with Crippen LogP contribution in [0.15, 0.2) is 0 Å². The number of rotatable bonds is 4. The van der Waals surface area contributed by atoms with Gasteiger partial charge in [0.25, 0.3) is 5.91 Å². The third kappa shape index (κ3) is 3.09. The summed E-state index contributed by atoms with van der Waals surface area (Å²) in [4.78, 5) is 15.9. The summed E-state index contributed by atoms with van der Waals surface area (Å²) in [5.41, 5.74) is 5.62. The summed E-state index contributed by atoms with van der Waals surface area (Å²) in [5, 5.41) is 6.35. The van der Waals surface area contributed by atoms with Crippen LogP contribution in [0.5, 0.6) is 0 Å². The molecule has 84 valence electrons. The van der Waals surface area contributed by atoms with Crippen LogP contribution in [0.25, 0.3) is 0 Å². The minimum Gasteiger partial charge on any atom is -0.382 e. The minimum atomic E-state index is -0.192. The van der Waals surface area contributed by atoms with Gasteiger partial charge in [-0.25, -0.2) is 4.98 Å². The van der Waals surface area contributed by atoms with Crippen molar-refractivity contribution in [3.05, 3.63) is 4.88 Å². The standard InChI is InChI=1S/C9H16N4OS/c1-5(2)4-12-9-13-7(10)6(15-9)8(14)11-3/h5H,4,10H2,1-3H3,(H,11,14)(H,12,13). The maximum absolute atomic E-state index is 11.3. The second kappa shape index (κ2) is 4.97. The fraction of sp³-hybridized carbons (Fsp3) is 0.556. The van der Waals surface area contributed by atoms with Crippen molar-refractivity contribution in [1.29, 1.82) is 0 Å². The van der Waals surface area contributed by atoms with Gasteiger partial charge in [0.05, 0.1) is 0 Å². The largest absolute Gasteiger partial charge is 0.382 e. The van der Waals surface area contributed by atoms with Crippen LogP contribution >= 0.6 is 11.3 Å². The molecule has 0 aromatic carbocycles. The first-order chi connectivity index (χ1) is 7.04. The Balaban J connectivity index is 2.72. The fourth-order valence-corrected chi connectivity index (χ4v) is 1.81. The molecule has 5 nitrogen and oxygen atoms in total. The van der Waals surface area contributed by atoms with Gasteiger partial charge in [0, 0.05) is 13.6 Å². The number of thiazole rings is 1. The fourth-order valence-electron chi connectivity index (χ4n) is 0.975. The van der Waals surface area contributed by atoms with Gasteiger partial charge < -0.3 is 16.4 Å². The smallest absolute Gasteiger partial charge is 0.265 e. The average Bonchev–Trinajstić information content (AvgIpc) is 2.55. The molecule has 0 unspecified atom stereocenters. The number of aromatic nitrogens is 1. The topological polar surface area (TPSA) is 80.0 Å². The molecule has 0 atom stereocenters. The van der Waals surface area contributed by atoms with Crippen LogP contribution in [0.3, 0.4) is 0 Å². The van der Waals surface area contributed by atoms with Crippen molar-refractivity contribution >= 4 is 28.2 Å². The lowest BCUT2D eigenvalue weighted by Gasteiger charge is -2.04. The Morgan fingerprint density at radius 3 is 2.80 bits per heavy atom. The molecule has 0 fully saturated rings. The van der Waals surface area contributed by atoms with E-state index < -0.39 is 0 Å². The number of carbonyl (C=O) groups excluding carboxylic acids is 1. The van der Waals surface area contributed by atoms with Crippen LogP contribution in [0.4, 0.5) is 10.9 Å². The zero-order valence-electron chi connectivity index (χ0n) is 9.13. The lowest BCUT2D eigenvalue weighted by atomic mass is 10.2. The number of nitrogens with one attached hydrogen (secondary N) is 2. The van der Waals surface area contributed by atoms with Crippen molar-refractivity contribution in [3.63, 3.8) is 0 Å². The quantitative estimate of drug-likeness (QED) is 0.722. The first-order valence-corrected chi connectivity index (χ1v) is 5.58. The number of hydrogen-bond acceptors (Lipinski definition) is 5. The van der Waals surface area contributed by atoms with Crippen molar-refractivity contribution in [2.45, 2.75) is 13.8 Å². The first kappa shape index (κ1) is 11.8. The maximum atomic E-state index is 11.3. The van der Waals surface area contributed by atoms with Gasteiger partial charge in [-0.1, -0.05) is 25.2 Å². The monoisotopic (exact) mass is 228 g/mol. The number of nitrogen functional groups attached to an aromatic ring is 1. The number of amides is 1. The minimum absolute atomic E-state index is 0.192. The van der Waals surface area contributed by atoms with Crippen LogP contribution in [-0.4, -0.2) is 24.5 Å². The van der Waals surface area contributed by atoms with Crippen LogP contribution in [0, 0.1) is 5.92 Å². The first-order valence-electron chi connectivity index (χ1n) is 4.76. The average molecular weight is 228 g/mol. The van der Waals surface area contributed by atoms with E-state index in [1.807, 2.05) is 0 Å². The highest BCUT2D eigenvalue weighted by Crippen LogP contribution is 2.24. The predicted octanol–water partition coefficient (Wildman–Crippen LogP) is 1.15. The van der Waals surface area contributed by atoms with Gasteiger partial charge in [0.15, 0.2) is 5.13 Å². The van der Waals surface area contributed by atoms with Gasteiger partial charge in [-0.3, -0.25) is 4.79 Å². The Hall–Kier alpha value is -1.30. The van der Waals surface area contributed by atoms with E-state index >= 15 is 0 Å². The lowest BCUT2D eigenvalue weighted by molar-refractivity contribution is 0.0968. The molecule has 0 saturated heterocycles. The molecule has 0 aliphatic rings. The SMILES string of the molecule is CNC(=O)c1sc(NCC(C)C)nc1N. The molecule has 0 aliphatic heterocycles. The predicted molar refractivity (Wildman–Crippen MR) is 63.2 cm³/mol. The van der Waals surface area contributed by atoms with Gasteiger partial charge in [0.2, 0.25) is 0 Å². The zero-order chi connectivity index (χ0) is 11.4. The van der Waals surface area contributed by atoms with Crippen molar-refractivity contribution in [3.8, 4) is 0 Å². The molecule has 0 aliphatic carbocycles. The third-order valence-corrected chi connectivity index (χ3v) is 2.78. The maximum Gasteiger partial charge on any atom is 0.265 e. The van der Waals surface area contributed by atoms with Crippen LogP contribution in [0.1, 0.15) is 23.5 Å². The summed E-state index contributed by atoms with van der Waals surface area (Å²) < 4.78 is 0. The number of anilines is 2. The van der Waals surface area contributed by atoms with E-state index in [-0.39, 0.29) is 11.7 Å². The van der Waals surface area contributed by atoms with Crippen LogP contribution in [-0.2, 0) is 0 Å². The Morgan fingerprint density at radius 2 is 2.27 bits per heavy atom. The van der Waals surface area contributed by atoms with Gasteiger partial charge in [-0.2, -0.15) is 0 Å². The molecule has 6 heteroatoms. The molecule has 0 saturated carbocycles. The van der Waals surface area contributed by atoms with Crippen molar-refractivity contribution in [2.75, 3.05) is 24.6 Å². The number of nitrogens with zero attached hydrogens (tertiary/aromatic N) is 1. The van der Waals surface area contributed by atoms with Crippen molar-refractivity contribution in [1.82, 2.24) is 10.3 Å². The van der Waals surface area contributed by atoms with Crippen LogP contribution < -0.4 is 16.4 Å². The second-order valence-corrected chi connectivity index (χ2v) is 4.59. The summed E-state index contributed by atoms with van der Waals surface area (Å²) >= 11 is 1.27. The molecule has 4 N–H and O–H groups in total. The number of hydrogen-bond donors (Lipinski definition) is 3. The van der Waals surface area contributed by atoms with Gasteiger partial charge in [-0.15, -0.1) is 0 Å². The van der Waals surface area contributed by atoms with E-state index in [2.05, 4.69) is 29.5 Å². The second-order valence-electron chi connectivity index (χ2n) is 3.59. The van der Waals surface area contributed by atoms with E-state index in [0.29, 0.717) is 15.9 Å². The van der Waals surface area contributed by atoms with Gasteiger partial charge >= 0.3 is 0 Å². The summed E-state index contributed by atoms with van der Waals surface area (Å²) in [6.45, 7) is 5.02. The normalized spacial score (nSPS) is 10.4. The molecule has 0 bridgehead atoms. The van der Waals surface area contributed by atoms with Gasteiger partial charge in [0.1, 0.15) is 10.7 Å². The molecule has 1 rings (SSSR count).